The van der Waals surface area contributed by atoms with E-state index >= 15 is 0 Å². The molecule has 0 fully saturated rings. The summed E-state index contributed by atoms with van der Waals surface area (Å²) in [5.41, 5.74) is 2.59. The number of aliphatic imine (C=N–C) groups is 1. The molecule has 0 aliphatic rings. The fourth-order valence-corrected chi connectivity index (χ4v) is 2.47. The standard InChI is InChI=1S/C18H27N5O.HI/c1-12(2)10-15-6-8-16(9-7-15)13(3)21-18(19-5)20-11-17-22-14(4)23-24-17;/h6-9,12-13H,10-11H2,1-5H3,(H2,19,20,21);1H. The normalized spacial score (nSPS) is 12.6. The summed E-state index contributed by atoms with van der Waals surface area (Å²) in [6, 6.07) is 8.89. The van der Waals surface area contributed by atoms with Gasteiger partial charge in [0.1, 0.15) is 0 Å². The molecule has 6 nitrogen and oxygen atoms in total. The molecule has 1 aromatic carbocycles. The van der Waals surface area contributed by atoms with Gasteiger partial charge in [-0.15, -0.1) is 24.0 Å². The van der Waals surface area contributed by atoms with Crippen LogP contribution in [-0.2, 0) is 13.0 Å². The lowest BCUT2D eigenvalue weighted by Crippen LogP contribution is -2.38. The van der Waals surface area contributed by atoms with E-state index in [-0.39, 0.29) is 30.0 Å². The Labute approximate surface area is 166 Å². The minimum Gasteiger partial charge on any atom is -0.350 e. The minimum absolute atomic E-state index is 0. The van der Waals surface area contributed by atoms with Crippen LogP contribution in [-0.4, -0.2) is 23.1 Å². The molecule has 2 N–H and O–H groups in total. The molecule has 138 valence electrons. The molecule has 0 aliphatic carbocycles. The van der Waals surface area contributed by atoms with Gasteiger partial charge in [0, 0.05) is 7.05 Å². The fourth-order valence-electron chi connectivity index (χ4n) is 2.47. The van der Waals surface area contributed by atoms with Gasteiger partial charge in [-0.05, 0) is 37.3 Å². The Morgan fingerprint density at radius 3 is 2.40 bits per heavy atom. The molecule has 0 saturated heterocycles. The number of nitrogens with one attached hydrogen (secondary N) is 2. The molecule has 0 spiro atoms. The fraction of sp³-hybridized carbons (Fsp3) is 0.500. The topological polar surface area (TPSA) is 75.3 Å². The van der Waals surface area contributed by atoms with E-state index in [0.717, 1.165) is 6.42 Å². The molecule has 0 bridgehead atoms. The Morgan fingerprint density at radius 1 is 1.20 bits per heavy atom. The highest BCUT2D eigenvalue weighted by molar-refractivity contribution is 14.0. The monoisotopic (exact) mass is 457 g/mol. The van der Waals surface area contributed by atoms with Crippen molar-refractivity contribution >= 4 is 29.9 Å². The van der Waals surface area contributed by atoms with E-state index in [1.54, 1.807) is 14.0 Å². The number of aromatic nitrogens is 2. The van der Waals surface area contributed by atoms with Crippen LogP contribution < -0.4 is 10.6 Å². The Kier molecular flexibility index (Phi) is 8.88. The summed E-state index contributed by atoms with van der Waals surface area (Å²) in [6.45, 7) is 8.82. The van der Waals surface area contributed by atoms with Gasteiger partial charge in [-0.2, -0.15) is 4.98 Å². The van der Waals surface area contributed by atoms with Crippen molar-refractivity contribution < 1.29 is 4.52 Å². The summed E-state index contributed by atoms with van der Waals surface area (Å²) >= 11 is 0. The van der Waals surface area contributed by atoms with Crippen LogP contribution in [0.3, 0.4) is 0 Å². The zero-order chi connectivity index (χ0) is 17.5. The number of aryl methyl sites for hydroxylation is 1. The number of benzene rings is 1. The average molecular weight is 457 g/mol. The second-order valence-electron chi connectivity index (χ2n) is 6.37. The van der Waals surface area contributed by atoms with Crippen LogP contribution in [0.4, 0.5) is 0 Å². The van der Waals surface area contributed by atoms with E-state index in [4.69, 9.17) is 4.52 Å². The van der Waals surface area contributed by atoms with Gasteiger partial charge < -0.3 is 15.2 Å². The highest BCUT2D eigenvalue weighted by Gasteiger charge is 2.09. The highest BCUT2D eigenvalue weighted by atomic mass is 127. The van der Waals surface area contributed by atoms with Crippen molar-refractivity contribution in [3.05, 3.63) is 47.1 Å². The predicted octanol–water partition coefficient (Wildman–Crippen LogP) is 3.62. The maximum Gasteiger partial charge on any atom is 0.246 e. The summed E-state index contributed by atoms with van der Waals surface area (Å²) in [7, 11) is 1.74. The molecule has 0 aliphatic heterocycles. The van der Waals surface area contributed by atoms with E-state index in [0.29, 0.717) is 30.1 Å². The number of rotatable bonds is 6. The molecule has 1 heterocycles. The SMILES string of the molecule is CN=C(NCc1nc(C)no1)NC(C)c1ccc(CC(C)C)cc1.I. The molecule has 0 amide bonds. The quantitative estimate of drug-likeness (QED) is 0.394. The van der Waals surface area contributed by atoms with E-state index in [1.165, 1.54) is 11.1 Å². The summed E-state index contributed by atoms with van der Waals surface area (Å²) in [6.07, 6.45) is 1.11. The van der Waals surface area contributed by atoms with Crippen molar-refractivity contribution in [1.82, 2.24) is 20.8 Å². The molecular formula is C18H28IN5O. The molecule has 25 heavy (non-hydrogen) atoms. The first-order valence-electron chi connectivity index (χ1n) is 8.33. The molecule has 0 radical (unpaired) electrons. The van der Waals surface area contributed by atoms with Gasteiger partial charge in [0.15, 0.2) is 11.8 Å². The average Bonchev–Trinajstić information content (AvgIpc) is 2.96. The van der Waals surface area contributed by atoms with Gasteiger partial charge in [-0.25, -0.2) is 0 Å². The maximum atomic E-state index is 5.09. The lowest BCUT2D eigenvalue weighted by Gasteiger charge is -2.18. The summed E-state index contributed by atoms with van der Waals surface area (Å²) < 4.78 is 5.09. The van der Waals surface area contributed by atoms with Crippen molar-refractivity contribution in [3.8, 4) is 0 Å². The van der Waals surface area contributed by atoms with Gasteiger partial charge in [-0.1, -0.05) is 43.3 Å². The number of halogens is 1. The first-order valence-corrected chi connectivity index (χ1v) is 8.33. The largest absolute Gasteiger partial charge is 0.350 e. The van der Waals surface area contributed by atoms with Gasteiger partial charge in [0.05, 0.1) is 12.6 Å². The molecule has 1 unspecified atom stereocenters. The van der Waals surface area contributed by atoms with Crippen LogP contribution in [0.2, 0.25) is 0 Å². The van der Waals surface area contributed by atoms with Crippen LogP contribution in [0.1, 0.15) is 49.7 Å². The maximum absolute atomic E-state index is 5.09. The summed E-state index contributed by atoms with van der Waals surface area (Å²) in [5.74, 6) is 2.54. The van der Waals surface area contributed by atoms with Crippen LogP contribution in [0.25, 0.3) is 0 Å². The lowest BCUT2D eigenvalue weighted by atomic mass is 10.00. The molecular weight excluding hydrogens is 429 g/mol. The minimum atomic E-state index is 0. The van der Waals surface area contributed by atoms with E-state index < -0.39 is 0 Å². The third-order valence-electron chi connectivity index (χ3n) is 3.68. The van der Waals surface area contributed by atoms with Gasteiger partial charge in [0.2, 0.25) is 5.89 Å². The molecule has 1 atom stereocenters. The van der Waals surface area contributed by atoms with Crippen molar-refractivity contribution in [2.45, 2.75) is 46.7 Å². The van der Waals surface area contributed by atoms with E-state index in [1.807, 2.05) is 0 Å². The van der Waals surface area contributed by atoms with Crippen LogP contribution in [0.5, 0.6) is 0 Å². The zero-order valence-corrected chi connectivity index (χ0v) is 17.9. The van der Waals surface area contributed by atoms with E-state index in [2.05, 4.69) is 70.8 Å². The number of nitrogens with zero attached hydrogens (tertiary/aromatic N) is 3. The highest BCUT2D eigenvalue weighted by Crippen LogP contribution is 2.15. The van der Waals surface area contributed by atoms with Crippen molar-refractivity contribution in [2.75, 3.05) is 7.05 Å². The molecule has 7 heteroatoms. The molecule has 2 rings (SSSR count). The van der Waals surface area contributed by atoms with Crippen molar-refractivity contribution in [2.24, 2.45) is 10.9 Å². The third-order valence-corrected chi connectivity index (χ3v) is 3.68. The summed E-state index contributed by atoms with van der Waals surface area (Å²) in [5, 5.41) is 10.3. The van der Waals surface area contributed by atoms with Crippen LogP contribution in [0, 0.1) is 12.8 Å². The Bertz CT molecular complexity index is 666. The molecule has 2 aromatic rings. The second-order valence-corrected chi connectivity index (χ2v) is 6.37. The third kappa shape index (κ3) is 7.01. The molecule has 0 saturated carbocycles. The number of hydrogen-bond donors (Lipinski definition) is 2. The van der Waals surface area contributed by atoms with Crippen molar-refractivity contribution in [1.29, 1.82) is 0 Å². The first kappa shape index (κ1) is 21.4. The van der Waals surface area contributed by atoms with Crippen molar-refractivity contribution in [3.63, 3.8) is 0 Å². The smallest absolute Gasteiger partial charge is 0.246 e. The van der Waals surface area contributed by atoms with Crippen LogP contribution in [0.15, 0.2) is 33.8 Å². The van der Waals surface area contributed by atoms with Gasteiger partial charge in [-0.3, -0.25) is 4.99 Å². The predicted molar refractivity (Wildman–Crippen MR) is 111 cm³/mol. The Balaban J connectivity index is 0.00000312. The Morgan fingerprint density at radius 2 is 1.88 bits per heavy atom. The number of hydrogen-bond acceptors (Lipinski definition) is 4. The Hall–Kier alpha value is -1.64. The van der Waals surface area contributed by atoms with Crippen LogP contribution >= 0.6 is 24.0 Å². The van der Waals surface area contributed by atoms with Gasteiger partial charge in [0.25, 0.3) is 0 Å². The summed E-state index contributed by atoms with van der Waals surface area (Å²) in [4.78, 5) is 8.40. The van der Waals surface area contributed by atoms with E-state index in [9.17, 15) is 0 Å². The first-order chi connectivity index (χ1) is 11.5. The zero-order valence-electron chi connectivity index (χ0n) is 15.5. The second kappa shape index (κ2) is 10.4. The lowest BCUT2D eigenvalue weighted by molar-refractivity contribution is 0.371. The van der Waals surface area contributed by atoms with Gasteiger partial charge >= 0.3 is 0 Å². The molecule has 1 aromatic heterocycles. The number of guanidine groups is 1.